The molecule has 1 rings (SSSR count). The minimum absolute atomic E-state index is 0. The minimum Gasteiger partial charge on any atom is -0.357 e. The first-order chi connectivity index (χ1) is 12.0. The summed E-state index contributed by atoms with van der Waals surface area (Å²) in [4.78, 5) is 16.5. The third-order valence-corrected chi connectivity index (χ3v) is 3.81. The maximum atomic E-state index is 12.3. The Kier molecular flexibility index (Phi) is 10.7. The molecular formula is C18H28F3IN4O. The summed E-state index contributed by atoms with van der Waals surface area (Å²) in [5.74, 6) is -0.299. The number of benzene rings is 1. The van der Waals surface area contributed by atoms with Crippen LogP contribution in [0.25, 0.3) is 0 Å². The molecule has 1 amide bonds. The molecule has 0 unspecified atom stereocenters. The molecule has 0 heterocycles. The largest absolute Gasteiger partial charge is 0.406 e. The van der Waals surface area contributed by atoms with Gasteiger partial charge in [0.2, 0.25) is 5.91 Å². The number of aliphatic imine (C=N–C) groups is 1. The first-order valence-electron chi connectivity index (χ1n) is 8.43. The Morgan fingerprint density at radius 3 is 2.26 bits per heavy atom. The van der Waals surface area contributed by atoms with E-state index in [0.29, 0.717) is 23.9 Å². The van der Waals surface area contributed by atoms with Crippen molar-refractivity contribution in [2.45, 2.75) is 32.4 Å². The second-order valence-corrected chi connectivity index (χ2v) is 6.66. The Balaban J connectivity index is 0.00000676. The van der Waals surface area contributed by atoms with Crippen molar-refractivity contribution in [2.75, 3.05) is 33.2 Å². The lowest BCUT2D eigenvalue weighted by Crippen LogP contribution is -2.44. The lowest BCUT2D eigenvalue weighted by Gasteiger charge is -2.27. The van der Waals surface area contributed by atoms with Gasteiger partial charge in [-0.25, -0.2) is 4.99 Å². The molecule has 0 spiro atoms. The normalized spacial score (nSPS) is 12.2. The zero-order valence-corrected chi connectivity index (χ0v) is 18.4. The number of carbonyl (C=O) groups is 1. The molecular weight excluding hydrogens is 472 g/mol. The summed E-state index contributed by atoms with van der Waals surface area (Å²) < 4.78 is 37.0. The first kappa shape index (κ1) is 25.5. The fourth-order valence-electron chi connectivity index (χ4n) is 2.26. The van der Waals surface area contributed by atoms with E-state index in [-0.39, 0.29) is 35.9 Å². The van der Waals surface area contributed by atoms with E-state index in [2.05, 4.69) is 29.5 Å². The standard InChI is InChI=1S/C18H27F3N4O.HI/c1-5-22-16(23-11-15(26)25(4)13-18(19,20)21)24-12-17(2,3)14-9-7-6-8-10-14;/h6-10H,5,11-13H2,1-4H3,(H2,22,23,24);1H. The summed E-state index contributed by atoms with van der Waals surface area (Å²) in [5, 5.41) is 6.14. The van der Waals surface area contributed by atoms with Crippen molar-refractivity contribution in [3.05, 3.63) is 35.9 Å². The fourth-order valence-corrected chi connectivity index (χ4v) is 2.26. The van der Waals surface area contributed by atoms with Crippen molar-refractivity contribution in [2.24, 2.45) is 4.99 Å². The maximum absolute atomic E-state index is 12.3. The highest BCUT2D eigenvalue weighted by molar-refractivity contribution is 14.0. The average molecular weight is 500 g/mol. The monoisotopic (exact) mass is 500 g/mol. The van der Waals surface area contributed by atoms with Crippen LogP contribution >= 0.6 is 24.0 Å². The molecule has 0 aliphatic heterocycles. The number of hydrogen-bond donors (Lipinski definition) is 2. The average Bonchev–Trinajstić information content (AvgIpc) is 2.56. The first-order valence-corrected chi connectivity index (χ1v) is 8.43. The molecule has 27 heavy (non-hydrogen) atoms. The number of likely N-dealkylation sites (N-methyl/N-ethyl adjacent to an activating group) is 1. The molecule has 9 heteroatoms. The van der Waals surface area contributed by atoms with E-state index in [1.807, 2.05) is 37.3 Å². The quantitative estimate of drug-likeness (QED) is 0.344. The van der Waals surface area contributed by atoms with Gasteiger partial charge in [-0.3, -0.25) is 4.79 Å². The molecule has 0 fully saturated rings. The third kappa shape index (κ3) is 9.83. The van der Waals surface area contributed by atoms with Gasteiger partial charge in [0.05, 0.1) is 0 Å². The van der Waals surface area contributed by atoms with Gasteiger partial charge in [0.1, 0.15) is 13.1 Å². The summed E-state index contributed by atoms with van der Waals surface area (Å²) in [5.41, 5.74) is 0.957. The second-order valence-electron chi connectivity index (χ2n) is 6.66. The van der Waals surface area contributed by atoms with Crippen molar-refractivity contribution in [3.63, 3.8) is 0 Å². The molecule has 0 saturated carbocycles. The van der Waals surface area contributed by atoms with Crippen LogP contribution in [0, 0.1) is 0 Å². The number of alkyl halides is 3. The molecule has 0 atom stereocenters. The third-order valence-electron chi connectivity index (χ3n) is 3.81. The Labute approximate surface area is 175 Å². The lowest BCUT2D eigenvalue weighted by molar-refractivity contribution is -0.157. The predicted molar refractivity (Wildman–Crippen MR) is 113 cm³/mol. The van der Waals surface area contributed by atoms with Crippen LogP contribution < -0.4 is 10.6 Å². The molecule has 0 aliphatic rings. The van der Waals surface area contributed by atoms with Crippen molar-refractivity contribution in [1.82, 2.24) is 15.5 Å². The van der Waals surface area contributed by atoms with Crippen molar-refractivity contribution < 1.29 is 18.0 Å². The number of halogens is 4. The number of guanidine groups is 1. The van der Waals surface area contributed by atoms with Crippen LogP contribution in [-0.2, 0) is 10.2 Å². The van der Waals surface area contributed by atoms with E-state index < -0.39 is 18.6 Å². The molecule has 1 aromatic rings. The van der Waals surface area contributed by atoms with Gasteiger partial charge in [0.25, 0.3) is 0 Å². The predicted octanol–water partition coefficient (Wildman–Crippen LogP) is 3.16. The van der Waals surface area contributed by atoms with Gasteiger partial charge < -0.3 is 15.5 Å². The zero-order chi connectivity index (χ0) is 19.8. The van der Waals surface area contributed by atoms with Crippen LogP contribution in [0.3, 0.4) is 0 Å². The summed E-state index contributed by atoms with van der Waals surface area (Å²) in [7, 11) is 1.12. The van der Waals surface area contributed by atoms with E-state index in [9.17, 15) is 18.0 Å². The van der Waals surface area contributed by atoms with Crippen LogP contribution in [0.4, 0.5) is 13.2 Å². The maximum Gasteiger partial charge on any atom is 0.406 e. The summed E-state index contributed by atoms with van der Waals surface area (Å²) >= 11 is 0. The van der Waals surface area contributed by atoms with Gasteiger partial charge in [-0.1, -0.05) is 44.2 Å². The van der Waals surface area contributed by atoms with Gasteiger partial charge in [-0.2, -0.15) is 13.2 Å². The lowest BCUT2D eigenvalue weighted by atomic mass is 9.85. The van der Waals surface area contributed by atoms with E-state index >= 15 is 0 Å². The summed E-state index contributed by atoms with van der Waals surface area (Å²) in [6.45, 7) is 5.50. The van der Waals surface area contributed by atoms with Gasteiger partial charge >= 0.3 is 6.18 Å². The van der Waals surface area contributed by atoms with E-state index in [1.165, 1.54) is 0 Å². The van der Waals surface area contributed by atoms with Gasteiger partial charge in [0, 0.05) is 25.6 Å². The SMILES string of the molecule is CCNC(=NCC(=O)N(C)CC(F)(F)F)NCC(C)(C)c1ccccc1.I. The van der Waals surface area contributed by atoms with Crippen molar-refractivity contribution in [1.29, 1.82) is 0 Å². The number of nitrogens with zero attached hydrogens (tertiary/aromatic N) is 2. The Hall–Kier alpha value is -1.52. The van der Waals surface area contributed by atoms with Crippen LogP contribution in [0.2, 0.25) is 0 Å². The highest BCUT2D eigenvalue weighted by Crippen LogP contribution is 2.21. The van der Waals surface area contributed by atoms with Crippen molar-refractivity contribution in [3.8, 4) is 0 Å². The number of hydrogen-bond acceptors (Lipinski definition) is 2. The fraction of sp³-hybridized carbons (Fsp3) is 0.556. The molecule has 0 saturated heterocycles. The van der Waals surface area contributed by atoms with Crippen molar-refractivity contribution >= 4 is 35.8 Å². The number of carbonyl (C=O) groups excluding carboxylic acids is 1. The number of amides is 1. The van der Waals surface area contributed by atoms with Gasteiger partial charge in [0.15, 0.2) is 5.96 Å². The Bertz CT molecular complexity index is 606. The molecule has 154 valence electrons. The van der Waals surface area contributed by atoms with Crippen LogP contribution in [0.5, 0.6) is 0 Å². The van der Waals surface area contributed by atoms with E-state index in [0.717, 1.165) is 12.6 Å². The van der Waals surface area contributed by atoms with Gasteiger partial charge in [-0.05, 0) is 12.5 Å². The smallest absolute Gasteiger partial charge is 0.357 e. The highest BCUT2D eigenvalue weighted by Gasteiger charge is 2.31. The number of rotatable bonds is 7. The molecule has 5 nitrogen and oxygen atoms in total. The van der Waals surface area contributed by atoms with E-state index in [1.54, 1.807) is 0 Å². The molecule has 0 radical (unpaired) electrons. The topological polar surface area (TPSA) is 56.7 Å². The number of nitrogens with one attached hydrogen (secondary N) is 2. The summed E-state index contributed by atoms with van der Waals surface area (Å²) in [6.07, 6.45) is -4.42. The molecule has 0 bridgehead atoms. The molecule has 0 aliphatic carbocycles. The highest BCUT2D eigenvalue weighted by atomic mass is 127. The van der Waals surface area contributed by atoms with E-state index in [4.69, 9.17) is 0 Å². The second kappa shape index (κ2) is 11.4. The summed E-state index contributed by atoms with van der Waals surface area (Å²) in [6, 6.07) is 9.93. The Morgan fingerprint density at radius 2 is 1.74 bits per heavy atom. The van der Waals surface area contributed by atoms with Crippen LogP contribution in [-0.4, -0.2) is 56.2 Å². The zero-order valence-electron chi connectivity index (χ0n) is 16.1. The minimum atomic E-state index is -4.42. The Morgan fingerprint density at radius 1 is 1.15 bits per heavy atom. The van der Waals surface area contributed by atoms with Gasteiger partial charge in [-0.15, -0.1) is 24.0 Å². The molecule has 1 aromatic carbocycles. The molecule has 0 aromatic heterocycles. The molecule has 2 N–H and O–H groups in total. The van der Waals surface area contributed by atoms with Crippen LogP contribution in [0.1, 0.15) is 26.3 Å². The van der Waals surface area contributed by atoms with Crippen LogP contribution in [0.15, 0.2) is 35.3 Å².